The number of amides is 1. The standard InChI is InChI=1S/C12H17FN2O/c1-8(2)15-12(3,11(14)16)9-5-4-6-10(13)7-9/h4-8,15H,1-3H3,(H2,14,16). The summed E-state index contributed by atoms with van der Waals surface area (Å²) in [6.45, 7) is 5.46. The zero-order valence-corrected chi connectivity index (χ0v) is 9.75. The van der Waals surface area contributed by atoms with Gasteiger partial charge in [0.2, 0.25) is 5.91 Å². The first-order chi connectivity index (χ1) is 7.36. The molecule has 1 unspecified atom stereocenters. The Hall–Kier alpha value is -1.42. The molecule has 0 aromatic heterocycles. The highest BCUT2D eigenvalue weighted by atomic mass is 19.1. The maximum absolute atomic E-state index is 13.1. The van der Waals surface area contributed by atoms with Gasteiger partial charge >= 0.3 is 0 Å². The van der Waals surface area contributed by atoms with Crippen molar-refractivity contribution in [3.8, 4) is 0 Å². The fraction of sp³-hybridized carbons (Fsp3) is 0.417. The minimum absolute atomic E-state index is 0.0702. The van der Waals surface area contributed by atoms with Gasteiger partial charge in [0.25, 0.3) is 0 Å². The average Bonchev–Trinajstić information content (AvgIpc) is 2.16. The lowest BCUT2D eigenvalue weighted by Gasteiger charge is -2.30. The van der Waals surface area contributed by atoms with Crippen LogP contribution in [0, 0.1) is 5.82 Å². The number of hydrogen-bond acceptors (Lipinski definition) is 2. The number of carbonyl (C=O) groups is 1. The van der Waals surface area contributed by atoms with Gasteiger partial charge in [-0.2, -0.15) is 0 Å². The molecule has 0 saturated heterocycles. The summed E-state index contributed by atoms with van der Waals surface area (Å²) in [5, 5.41) is 3.06. The van der Waals surface area contributed by atoms with Crippen LogP contribution in [0.4, 0.5) is 4.39 Å². The van der Waals surface area contributed by atoms with E-state index in [4.69, 9.17) is 5.73 Å². The molecule has 0 radical (unpaired) electrons. The third kappa shape index (κ3) is 2.58. The number of hydrogen-bond donors (Lipinski definition) is 2. The van der Waals surface area contributed by atoms with Gasteiger partial charge in [0.15, 0.2) is 0 Å². The van der Waals surface area contributed by atoms with Crippen LogP contribution in [0.2, 0.25) is 0 Å². The van der Waals surface area contributed by atoms with Crippen molar-refractivity contribution in [2.24, 2.45) is 5.73 Å². The number of rotatable bonds is 4. The third-order valence-electron chi connectivity index (χ3n) is 2.47. The summed E-state index contributed by atoms with van der Waals surface area (Å²) in [4.78, 5) is 11.5. The Kier molecular flexibility index (Phi) is 3.65. The van der Waals surface area contributed by atoms with E-state index in [-0.39, 0.29) is 11.9 Å². The van der Waals surface area contributed by atoms with E-state index >= 15 is 0 Å². The van der Waals surface area contributed by atoms with Crippen molar-refractivity contribution >= 4 is 5.91 Å². The van der Waals surface area contributed by atoms with E-state index in [2.05, 4.69) is 5.32 Å². The summed E-state index contributed by atoms with van der Waals surface area (Å²) in [7, 11) is 0. The molecular formula is C12H17FN2O. The lowest BCUT2D eigenvalue weighted by atomic mass is 9.90. The topological polar surface area (TPSA) is 55.1 Å². The lowest BCUT2D eigenvalue weighted by molar-refractivity contribution is -0.124. The van der Waals surface area contributed by atoms with Crippen molar-refractivity contribution in [2.45, 2.75) is 32.4 Å². The van der Waals surface area contributed by atoms with E-state index in [0.717, 1.165) is 0 Å². The highest BCUT2D eigenvalue weighted by molar-refractivity contribution is 5.85. The van der Waals surface area contributed by atoms with Gasteiger partial charge in [0.05, 0.1) is 0 Å². The minimum atomic E-state index is -1.05. The van der Waals surface area contributed by atoms with Crippen LogP contribution >= 0.6 is 0 Å². The van der Waals surface area contributed by atoms with E-state index in [9.17, 15) is 9.18 Å². The molecule has 0 heterocycles. The molecule has 1 atom stereocenters. The number of benzene rings is 1. The molecule has 0 aliphatic rings. The van der Waals surface area contributed by atoms with Gasteiger partial charge in [-0.15, -0.1) is 0 Å². The van der Waals surface area contributed by atoms with E-state index in [1.165, 1.54) is 12.1 Å². The van der Waals surface area contributed by atoms with E-state index in [0.29, 0.717) is 5.56 Å². The highest BCUT2D eigenvalue weighted by Gasteiger charge is 2.33. The number of nitrogens with one attached hydrogen (secondary N) is 1. The van der Waals surface area contributed by atoms with Crippen LogP contribution < -0.4 is 11.1 Å². The molecule has 0 fully saturated rings. The van der Waals surface area contributed by atoms with Crippen molar-refractivity contribution in [2.75, 3.05) is 0 Å². The second kappa shape index (κ2) is 4.61. The summed E-state index contributed by atoms with van der Waals surface area (Å²) < 4.78 is 13.1. The number of carbonyl (C=O) groups excluding carboxylic acids is 1. The minimum Gasteiger partial charge on any atom is -0.368 e. The van der Waals surface area contributed by atoms with Crippen molar-refractivity contribution < 1.29 is 9.18 Å². The Labute approximate surface area is 94.8 Å². The van der Waals surface area contributed by atoms with Crippen molar-refractivity contribution in [3.63, 3.8) is 0 Å². The van der Waals surface area contributed by atoms with Crippen LogP contribution in [0.15, 0.2) is 24.3 Å². The van der Waals surface area contributed by atoms with Crippen molar-refractivity contribution in [1.29, 1.82) is 0 Å². The highest BCUT2D eigenvalue weighted by Crippen LogP contribution is 2.21. The monoisotopic (exact) mass is 224 g/mol. The Balaban J connectivity index is 3.16. The van der Waals surface area contributed by atoms with Gasteiger partial charge < -0.3 is 5.73 Å². The van der Waals surface area contributed by atoms with Gasteiger partial charge in [-0.25, -0.2) is 4.39 Å². The molecule has 0 spiro atoms. The van der Waals surface area contributed by atoms with Gasteiger partial charge in [-0.1, -0.05) is 12.1 Å². The van der Waals surface area contributed by atoms with E-state index < -0.39 is 11.4 Å². The summed E-state index contributed by atoms with van der Waals surface area (Å²) in [5.74, 6) is -0.901. The molecule has 0 bridgehead atoms. The van der Waals surface area contributed by atoms with Gasteiger partial charge in [-0.3, -0.25) is 10.1 Å². The fourth-order valence-corrected chi connectivity index (χ4v) is 1.67. The van der Waals surface area contributed by atoms with Crippen molar-refractivity contribution in [1.82, 2.24) is 5.32 Å². The second-order valence-corrected chi connectivity index (χ2v) is 4.30. The number of primary amides is 1. The zero-order chi connectivity index (χ0) is 12.3. The van der Waals surface area contributed by atoms with Crippen LogP contribution in [0.3, 0.4) is 0 Å². The normalized spacial score (nSPS) is 14.8. The first-order valence-electron chi connectivity index (χ1n) is 5.20. The Morgan fingerprint density at radius 2 is 2.12 bits per heavy atom. The molecule has 88 valence electrons. The third-order valence-corrected chi connectivity index (χ3v) is 2.47. The smallest absolute Gasteiger partial charge is 0.242 e. The second-order valence-electron chi connectivity index (χ2n) is 4.30. The van der Waals surface area contributed by atoms with Gasteiger partial charge in [0, 0.05) is 6.04 Å². The summed E-state index contributed by atoms with van der Waals surface area (Å²) in [5.41, 5.74) is 4.87. The quantitative estimate of drug-likeness (QED) is 0.814. The van der Waals surface area contributed by atoms with Crippen molar-refractivity contribution in [3.05, 3.63) is 35.6 Å². The summed E-state index contributed by atoms with van der Waals surface area (Å²) in [6.07, 6.45) is 0. The first kappa shape index (κ1) is 12.6. The molecule has 1 aromatic rings. The molecule has 0 saturated carbocycles. The SMILES string of the molecule is CC(C)NC(C)(C(N)=O)c1cccc(F)c1. The largest absolute Gasteiger partial charge is 0.368 e. The Bertz CT molecular complexity index is 392. The lowest BCUT2D eigenvalue weighted by Crippen LogP contribution is -2.52. The van der Waals surface area contributed by atoms with E-state index in [1.807, 2.05) is 13.8 Å². The Morgan fingerprint density at radius 1 is 1.50 bits per heavy atom. The average molecular weight is 224 g/mol. The van der Waals surface area contributed by atoms with Crippen LogP contribution in [-0.4, -0.2) is 11.9 Å². The molecule has 1 aromatic carbocycles. The van der Waals surface area contributed by atoms with Gasteiger partial charge in [-0.05, 0) is 38.5 Å². The molecule has 1 amide bonds. The number of nitrogens with two attached hydrogens (primary N) is 1. The molecule has 0 aliphatic heterocycles. The first-order valence-corrected chi connectivity index (χ1v) is 5.20. The number of halogens is 1. The molecule has 16 heavy (non-hydrogen) atoms. The maximum Gasteiger partial charge on any atom is 0.242 e. The Morgan fingerprint density at radius 3 is 2.56 bits per heavy atom. The fourth-order valence-electron chi connectivity index (χ4n) is 1.67. The predicted molar refractivity (Wildman–Crippen MR) is 61.2 cm³/mol. The zero-order valence-electron chi connectivity index (χ0n) is 9.75. The molecule has 0 aliphatic carbocycles. The predicted octanol–water partition coefficient (Wildman–Crippen LogP) is 1.52. The molecule has 4 heteroatoms. The van der Waals surface area contributed by atoms with Crippen LogP contribution in [0.5, 0.6) is 0 Å². The molecule has 3 nitrogen and oxygen atoms in total. The molecular weight excluding hydrogens is 207 g/mol. The van der Waals surface area contributed by atoms with Crippen LogP contribution in [0.1, 0.15) is 26.3 Å². The molecule has 3 N–H and O–H groups in total. The van der Waals surface area contributed by atoms with Crippen LogP contribution in [-0.2, 0) is 10.3 Å². The summed E-state index contributed by atoms with van der Waals surface area (Å²) in [6, 6.07) is 5.97. The van der Waals surface area contributed by atoms with E-state index in [1.54, 1.807) is 19.1 Å². The molecule has 1 rings (SSSR count). The maximum atomic E-state index is 13.1. The summed E-state index contributed by atoms with van der Waals surface area (Å²) >= 11 is 0. The van der Waals surface area contributed by atoms with Gasteiger partial charge in [0.1, 0.15) is 11.4 Å². The van der Waals surface area contributed by atoms with Crippen LogP contribution in [0.25, 0.3) is 0 Å².